The van der Waals surface area contributed by atoms with Crippen LogP contribution in [-0.2, 0) is 15.0 Å². The highest BCUT2D eigenvalue weighted by Crippen LogP contribution is 2.36. The maximum atomic E-state index is 13.3. The molecule has 1 fully saturated rings. The van der Waals surface area contributed by atoms with E-state index in [4.69, 9.17) is 0 Å². The first-order valence-electron chi connectivity index (χ1n) is 8.95. The molecule has 2 aromatic rings. The molecule has 2 atom stereocenters. The van der Waals surface area contributed by atoms with E-state index in [1.165, 1.54) is 0 Å². The second kappa shape index (κ2) is 6.94. The zero-order valence-electron chi connectivity index (χ0n) is 15.5. The molecule has 1 heterocycles. The summed E-state index contributed by atoms with van der Waals surface area (Å²) in [5.41, 5.74) is 2.34. The van der Waals surface area contributed by atoms with Crippen LogP contribution in [-0.4, -0.2) is 35.0 Å². The Bertz CT molecular complexity index is 813. The Labute approximate surface area is 154 Å². The molecule has 1 N–H and O–H groups in total. The van der Waals surface area contributed by atoms with Crippen LogP contribution in [0, 0.1) is 12.8 Å². The van der Waals surface area contributed by atoms with Crippen molar-refractivity contribution in [2.45, 2.75) is 32.1 Å². The third-order valence-electron chi connectivity index (χ3n) is 5.51. The van der Waals surface area contributed by atoms with Gasteiger partial charge in [0, 0.05) is 19.0 Å². The van der Waals surface area contributed by atoms with Crippen LogP contribution in [0.25, 0.3) is 0 Å². The van der Waals surface area contributed by atoms with Crippen LogP contribution < -0.4 is 0 Å². The van der Waals surface area contributed by atoms with Crippen molar-refractivity contribution in [2.75, 3.05) is 13.1 Å². The topological polar surface area (TPSA) is 57.6 Å². The number of nitrogens with zero attached hydrogens (tertiary/aromatic N) is 1. The second-order valence-electron chi connectivity index (χ2n) is 7.61. The summed E-state index contributed by atoms with van der Waals surface area (Å²) in [5.74, 6) is -1.61. The van der Waals surface area contributed by atoms with Crippen LogP contribution in [0.3, 0.4) is 0 Å². The lowest BCUT2D eigenvalue weighted by Gasteiger charge is -2.31. The molecule has 136 valence electrons. The average Bonchev–Trinajstić information content (AvgIpc) is 3.07. The third-order valence-corrected chi connectivity index (χ3v) is 5.51. The second-order valence-corrected chi connectivity index (χ2v) is 7.61. The fraction of sp³-hybridized carbons (Fsp3) is 0.364. The average molecular weight is 351 g/mol. The largest absolute Gasteiger partial charge is 0.481 e. The molecule has 0 saturated carbocycles. The monoisotopic (exact) mass is 351 g/mol. The van der Waals surface area contributed by atoms with Gasteiger partial charge in [0.2, 0.25) is 5.91 Å². The number of carbonyl (C=O) groups is 2. The minimum Gasteiger partial charge on any atom is -0.481 e. The first-order chi connectivity index (χ1) is 12.3. The Morgan fingerprint density at radius 1 is 1.00 bits per heavy atom. The smallest absolute Gasteiger partial charge is 0.308 e. The van der Waals surface area contributed by atoms with Crippen LogP contribution >= 0.6 is 0 Å². The van der Waals surface area contributed by atoms with Gasteiger partial charge in [-0.05, 0) is 37.5 Å². The normalized spacial score (nSPS) is 20.2. The SMILES string of the molecule is Cc1ccccc1C(C)(C)C(=O)N1CC(C(=O)O)C(c2ccccc2)C1. The van der Waals surface area contributed by atoms with Crippen molar-refractivity contribution in [1.29, 1.82) is 0 Å². The van der Waals surface area contributed by atoms with E-state index in [9.17, 15) is 14.7 Å². The number of hydrogen-bond acceptors (Lipinski definition) is 2. The van der Waals surface area contributed by atoms with E-state index in [2.05, 4.69) is 0 Å². The summed E-state index contributed by atoms with van der Waals surface area (Å²) < 4.78 is 0. The summed E-state index contributed by atoms with van der Waals surface area (Å²) in [7, 11) is 0. The number of likely N-dealkylation sites (tertiary alicyclic amines) is 1. The van der Waals surface area contributed by atoms with Crippen molar-refractivity contribution in [1.82, 2.24) is 4.90 Å². The van der Waals surface area contributed by atoms with Gasteiger partial charge >= 0.3 is 5.97 Å². The fourth-order valence-electron chi connectivity index (χ4n) is 4.04. The number of rotatable bonds is 4. The van der Waals surface area contributed by atoms with Gasteiger partial charge in [0.15, 0.2) is 0 Å². The fourth-order valence-corrected chi connectivity index (χ4v) is 4.04. The number of carboxylic acid groups (broad SMARTS) is 1. The summed E-state index contributed by atoms with van der Waals surface area (Å²) in [4.78, 5) is 26.8. The van der Waals surface area contributed by atoms with Crippen molar-refractivity contribution in [2.24, 2.45) is 5.92 Å². The molecular formula is C22H25NO3. The minimum atomic E-state index is -0.845. The van der Waals surface area contributed by atoms with E-state index < -0.39 is 17.3 Å². The highest BCUT2D eigenvalue weighted by Gasteiger charge is 2.44. The number of hydrogen-bond donors (Lipinski definition) is 1. The zero-order valence-corrected chi connectivity index (χ0v) is 15.5. The zero-order chi connectivity index (χ0) is 18.9. The van der Waals surface area contributed by atoms with E-state index in [-0.39, 0.29) is 18.4 Å². The molecule has 4 heteroatoms. The van der Waals surface area contributed by atoms with Gasteiger partial charge in [-0.2, -0.15) is 0 Å². The predicted octanol–water partition coefficient (Wildman–Crippen LogP) is 3.60. The van der Waals surface area contributed by atoms with E-state index in [0.717, 1.165) is 16.7 Å². The van der Waals surface area contributed by atoms with Crippen LogP contribution in [0.5, 0.6) is 0 Å². The third kappa shape index (κ3) is 3.24. The molecule has 0 aromatic heterocycles. The Morgan fingerprint density at radius 3 is 2.23 bits per heavy atom. The molecule has 3 rings (SSSR count). The summed E-state index contributed by atoms with van der Waals surface area (Å²) in [6.07, 6.45) is 0. The molecule has 1 saturated heterocycles. The number of benzene rings is 2. The van der Waals surface area contributed by atoms with Crippen molar-refractivity contribution < 1.29 is 14.7 Å². The van der Waals surface area contributed by atoms with Gasteiger partial charge in [-0.25, -0.2) is 0 Å². The van der Waals surface area contributed by atoms with Crippen molar-refractivity contribution in [3.63, 3.8) is 0 Å². The summed E-state index contributed by atoms with van der Waals surface area (Å²) in [5, 5.41) is 9.67. The molecule has 0 bridgehead atoms. The van der Waals surface area contributed by atoms with Gasteiger partial charge in [0.1, 0.15) is 0 Å². The molecular weight excluding hydrogens is 326 g/mol. The predicted molar refractivity (Wildman–Crippen MR) is 101 cm³/mol. The Morgan fingerprint density at radius 2 is 1.62 bits per heavy atom. The molecule has 2 unspecified atom stereocenters. The summed E-state index contributed by atoms with van der Waals surface area (Å²) >= 11 is 0. The first-order valence-corrected chi connectivity index (χ1v) is 8.95. The lowest BCUT2D eigenvalue weighted by molar-refractivity contribution is -0.142. The molecule has 1 amide bonds. The van der Waals surface area contributed by atoms with Crippen LogP contribution in [0.2, 0.25) is 0 Å². The van der Waals surface area contributed by atoms with Gasteiger partial charge in [0.25, 0.3) is 0 Å². The van der Waals surface area contributed by atoms with Gasteiger partial charge in [-0.15, -0.1) is 0 Å². The van der Waals surface area contributed by atoms with Gasteiger partial charge in [0.05, 0.1) is 11.3 Å². The van der Waals surface area contributed by atoms with Crippen LogP contribution in [0.15, 0.2) is 54.6 Å². The maximum Gasteiger partial charge on any atom is 0.308 e. The number of aliphatic carboxylic acids is 1. The number of aryl methyl sites for hydroxylation is 1. The first kappa shape index (κ1) is 18.2. The van der Waals surface area contributed by atoms with Gasteiger partial charge < -0.3 is 10.0 Å². The molecule has 26 heavy (non-hydrogen) atoms. The minimum absolute atomic E-state index is 0.0171. The van der Waals surface area contributed by atoms with E-state index >= 15 is 0 Å². The van der Waals surface area contributed by atoms with Crippen LogP contribution in [0.4, 0.5) is 0 Å². The Hall–Kier alpha value is -2.62. The van der Waals surface area contributed by atoms with Crippen molar-refractivity contribution in [3.05, 3.63) is 71.3 Å². The number of carboxylic acids is 1. The van der Waals surface area contributed by atoms with E-state index in [0.29, 0.717) is 6.54 Å². The quantitative estimate of drug-likeness (QED) is 0.916. The number of amides is 1. The Balaban J connectivity index is 1.89. The summed E-state index contributed by atoms with van der Waals surface area (Å²) in [6, 6.07) is 17.5. The van der Waals surface area contributed by atoms with Gasteiger partial charge in [-0.1, -0.05) is 54.6 Å². The highest BCUT2D eigenvalue weighted by atomic mass is 16.4. The maximum absolute atomic E-state index is 13.3. The molecule has 1 aliphatic heterocycles. The van der Waals surface area contributed by atoms with Crippen LogP contribution in [0.1, 0.15) is 36.5 Å². The summed E-state index contributed by atoms with van der Waals surface area (Å²) in [6.45, 7) is 6.53. The lowest BCUT2D eigenvalue weighted by atomic mass is 9.81. The lowest BCUT2D eigenvalue weighted by Crippen LogP contribution is -2.43. The molecule has 0 spiro atoms. The molecule has 0 aliphatic carbocycles. The van der Waals surface area contributed by atoms with Crippen molar-refractivity contribution >= 4 is 11.9 Å². The van der Waals surface area contributed by atoms with Gasteiger partial charge in [-0.3, -0.25) is 9.59 Å². The highest BCUT2D eigenvalue weighted by molar-refractivity contribution is 5.89. The number of carbonyl (C=O) groups excluding carboxylic acids is 1. The standard InChI is InChI=1S/C22H25NO3/c1-15-9-7-8-12-19(15)22(2,3)21(26)23-13-17(18(14-23)20(24)25)16-10-5-4-6-11-16/h4-12,17-18H,13-14H2,1-3H3,(H,24,25). The van der Waals surface area contributed by atoms with E-state index in [1.807, 2.05) is 75.4 Å². The molecule has 1 aliphatic rings. The Kier molecular flexibility index (Phi) is 4.86. The molecule has 2 aromatic carbocycles. The molecule has 4 nitrogen and oxygen atoms in total. The van der Waals surface area contributed by atoms with E-state index in [1.54, 1.807) is 4.90 Å². The van der Waals surface area contributed by atoms with Crippen molar-refractivity contribution in [3.8, 4) is 0 Å². The molecule has 0 radical (unpaired) electrons.